The van der Waals surface area contributed by atoms with Gasteiger partial charge >= 0.3 is 0 Å². The summed E-state index contributed by atoms with van der Waals surface area (Å²) in [6.07, 6.45) is 6.14. The molecular formula is C30H35ClN5O4. The van der Waals surface area contributed by atoms with E-state index >= 15 is 0 Å². The number of halogens is 1. The van der Waals surface area contributed by atoms with E-state index in [0.717, 1.165) is 37.7 Å². The van der Waals surface area contributed by atoms with Crippen LogP contribution in [0.1, 0.15) is 50.5 Å². The van der Waals surface area contributed by atoms with Crippen LogP contribution in [0.15, 0.2) is 54.6 Å². The van der Waals surface area contributed by atoms with Crippen LogP contribution in [0.4, 0.5) is 5.69 Å². The van der Waals surface area contributed by atoms with Crippen molar-refractivity contribution in [2.75, 3.05) is 24.5 Å². The van der Waals surface area contributed by atoms with E-state index in [1.54, 1.807) is 40.5 Å². The average molecular weight is 565 g/mol. The van der Waals surface area contributed by atoms with Crippen molar-refractivity contribution in [1.29, 1.82) is 0 Å². The van der Waals surface area contributed by atoms with Crippen molar-refractivity contribution in [3.63, 3.8) is 0 Å². The number of benzene rings is 2. The van der Waals surface area contributed by atoms with Crippen LogP contribution >= 0.6 is 11.6 Å². The number of nitrogens with zero attached hydrogens (tertiary/aromatic N) is 3. The first-order chi connectivity index (χ1) is 19.3. The summed E-state index contributed by atoms with van der Waals surface area (Å²) in [6.45, 7) is 0.373. The third-order valence-corrected chi connectivity index (χ3v) is 8.55. The number of piperidine rings is 1. The highest BCUT2D eigenvalue weighted by Crippen LogP contribution is 2.42. The zero-order chi connectivity index (χ0) is 28.3. The van der Waals surface area contributed by atoms with Crippen molar-refractivity contribution >= 4 is 40.9 Å². The summed E-state index contributed by atoms with van der Waals surface area (Å²) in [5, 5.41) is 3.64. The maximum atomic E-state index is 14.2. The van der Waals surface area contributed by atoms with Gasteiger partial charge in [0, 0.05) is 29.8 Å². The van der Waals surface area contributed by atoms with Crippen LogP contribution in [0.25, 0.3) is 0 Å². The first-order valence-electron chi connectivity index (χ1n) is 13.9. The predicted octanol–water partition coefficient (Wildman–Crippen LogP) is 2.86. The van der Waals surface area contributed by atoms with Gasteiger partial charge in [-0.1, -0.05) is 61.2 Å². The van der Waals surface area contributed by atoms with Crippen LogP contribution in [0.5, 0.6) is 0 Å². The van der Waals surface area contributed by atoms with Gasteiger partial charge in [-0.2, -0.15) is 0 Å². The molecule has 2 aliphatic heterocycles. The normalized spacial score (nSPS) is 21.1. The average Bonchev–Trinajstić information content (AvgIpc) is 3.18. The number of amides is 4. The lowest BCUT2D eigenvalue weighted by atomic mass is 9.85. The molecule has 2 heterocycles. The highest BCUT2D eigenvalue weighted by atomic mass is 35.5. The Balaban J connectivity index is 1.37. The molecule has 211 valence electrons. The highest BCUT2D eigenvalue weighted by Gasteiger charge is 2.60. The maximum Gasteiger partial charge on any atom is 0.261 e. The Kier molecular flexibility index (Phi) is 8.30. The number of hydrogen-bond donors (Lipinski definition) is 2. The molecule has 2 saturated heterocycles. The number of likely N-dealkylation sites (tertiary alicyclic amines) is 1. The molecule has 40 heavy (non-hydrogen) atoms. The standard InChI is InChI=1S/C30H35ClN5O4/c31-22-13-11-21(12-14-22)19-26(38)34-17-15-30(16-18-34)29(40)35(20-25(37)33-23-7-3-1-4-8-23)28(27(32)39)36(30)24-9-5-2-6-10-24/h2,5-6,9-14,19,23,28H,1,3-4,7-8,15-18,20H2,(H2,32,39)(H,33,37)/t28-/m0/s1. The van der Waals surface area contributed by atoms with Crippen molar-refractivity contribution < 1.29 is 19.2 Å². The second kappa shape index (κ2) is 11.9. The molecule has 10 heteroatoms. The zero-order valence-electron chi connectivity index (χ0n) is 22.4. The molecular weight excluding hydrogens is 530 g/mol. The van der Waals surface area contributed by atoms with Crippen molar-refractivity contribution in [1.82, 2.24) is 15.1 Å². The van der Waals surface area contributed by atoms with E-state index in [1.165, 1.54) is 4.90 Å². The van der Waals surface area contributed by atoms with Gasteiger partial charge < -0.3 is 25.8 Å². The second-order valence-electron chi connectivity index (χ2n) is 10.9. The monoisotopic (exact) mass is 564 g/mol. The predicted molar refractivity (Wildman–Crippen MR) is 152 cm³/mol. The molecule has 1 aliphatic carbocycles. The summed E-state index contributed by atoms with van der Waals surface area (Å²) in [6, 6.07) is 16.3. The van der Waals surface area contributed by atoms with E-state index in [0.29, 0.717) is 36.6 Å². The molecule has 3 aliphatic rings. The topological polar surface area (TPSA) is 116 Å². The number of anilines is 1. The van der Waals surface area contributed by atoms with Crippen molar-refractivity contribution in [2.45, 2.75) is 62.7 Å². The number of nitrogens with one attached hydrogen (secondary N) is 1. The first kappa shape index (κ1) is 28.0. The number of rotatable bonds is 7. The Labute approximate surface area is 239 Å². The second-order valence-corrected chi connectivity index (χ2v) is 11.3. The van der Waals surface area contributed by atoms with E-state index in [2.05, 4.69) is 5.32 Å². The van der Waals surface area contributed by atoms with Gasteiger partial charge in [0.15, 0.2) is 6.17 Å². The van der Waals surface area contributed by atoms with Crippen LogP contribution in [-0.2, 0) is 19.2 Å². The quantitative estimate of drug-likeness (QED) is 0.536. The molecule has 9 nitrogen and oxygen atoms in total. The molecule has 3 N–H and O–H groups in total. The molecule has 3 fully saturated rings. The fraction of sp³-hybridized carbons (Fsp3) is 0.433. The molecule has 1 radical (unpaired) electrons. The van der Waals surface area contributed by atoms with E-state index in [-0.39, 0.29) is 30.3 Å². The fourth-order valence-corrected chi connectivity index (χ4v) is 6.42. The summed E-state index contributed by atoms with van der Waals surface area (Å²) >= 11 is 5.96. The Bertz CT molecular complexity index is 1240. The van der Waals surface area contributed by atoms with Gasteiger partial charge in [-0.25, -0.2) is 0 Å². The first-order valence-corrected chi connectivity index (χ1v) is 14.3. The Morgan fingerprint density at radius 2 is 1.62 bits per heavy atom. The molecule has 1 saturated carbocycles. The van der Waals surface area contributed by atoms with Crippen molar-refractivity contribution in [2.24, 2.45) is 5.73 Å². The molecule has 0 unspecified atom stereocenters. The third kappa shape index (κ3) is 5.66. The summed E-state index contributed by atoms with van der Waals surface area (Å²) in [4.78, 5) is 58.0. The number of para-hydroxylation sites is 1. The van der Waals surface area contributed by atoms with Crippen molar-refractivity contribution in [3.8, 4) is 0 Å². The number of nitrogens with two attached hydrogens (primary N) is 1. The molecule has 5 rings (SSSR count). The van der Waals surface area contributed by atoms with Gasteiger partial charge in [0.05, 0.1) is 6.42 Å². The van der Waals surface area contributed by atoms with E-state index in [1.807, 2.05) is 30.3 Å². The van der Waals surface area contributed by atoms with Crippen LogP contribution in [0.2, 0.25) is 5.02 Å². The van der Waals surface area contributed by atoms with Gasteiger partial charge in [0.25, 0.3) is 11.8 Å². The molecule has 2 aromatic carbocycles. The zero-order valence-corrected chi connectivity index (χ0v) is 23.2. The van der Waals surface area contributed by atoms with Crippen molar-refractivity contribution in [3.05, 3.63) is 71.6 Å². The minimum atomic E-state index is -1.12. The highest BCUT2D eigenvalue weighted by molar-refractivity contribution is 6.30. The number of primary amides is 1. The molecule has 4 amide bonds. The van der Waals surface area contributed by atoms with Gasteiger partial charge in [-0.3, -0.25) is 19.2 Å². The van der Waals surface area contributed by atoms with Gasteiger partial charge in [0.2, 0.25) is 11.8 Å². The summed E-state index contributed by atoms with van der Waals surface area (Å²) in [5.74, 6) is -1.47. The molecule has 0 aromatic heterocycles. The van der Waals surface area contributed by atoms with Gasteiger partial charge in [0.1, 0.15) is 12.1 Å². The minimum absolute atomic E-state index is 0.0799. The molecule has 2 aromatic rings. The molecule has 0 bridgehead atoms. The third-order valence-electron chi connectivity index (χ3n) is 8.30. The SMILES string of the molecule is NC(=O)[C@H]1N(CC(=O)NC2CCCCC2)C(=O)C2(CCN(C(=O)[CH]c3ccc(Cl)cc3)CC2)N1c1ccccc1. The summed E-state index contributed by atoms with van der Waals surface area (Å²) in [5.41, 5.74) is 6.21. The maximum absolute atomic E-state index is 14.2. The van der Waals surface area contributed by atoms with Gasteiger partial charge in [-0.15, -0.1) is 0 Å². The lowest BCUT2D eigenvalue weighted by Gasteiger charge is -2.44. The van der Waals surface area contributed by atoms with Crippen LogP contribution in [0.3, 0.4) is 0 Å². The number of hydrogen-bond acceptors (Lipinski definition) is 5. The Hall–Kier alpha value is -3.59. The number of carbonyl (C=O) groups excluding carboxylic acids is 4. The van der Waals surface area contributed by atoms with Crippen LogP contribution in [0, 0.1) is 6.42 Å². The smallest absolute Gasteiger partial charge is 0.261 e. The largest absolute Gasteiger partial charge is 0.366 e. The van der Waals surface area contributed by atoms with Crippen LogP contribution < -0.4 is 16.0 Å². The van der Waals surface area contributed by atoms with E-state index < -0.39 is 17.6 Å². The molecule has 1 atom stereocenters. The minimum Gasteiger partial charge on any atom is -0.366 e. The molecule has 1 spiro atoms. The lowest BCUT2D eigenvalue weighted by Crippen LogP contribution is -2.59. The fourth-order valence-electron chi connectivity index (χ4n) is 6.29. The van der Waals surface area contributed by atoms with Crippen LogP contribution in [-0.4, -0.2) is 70.8 Å². The summed E-state index contributed by atoms with van der Waals surface area (Å²) in [7, 11) is 0. The summed E-state index contributed by atoms with van der Waals surface area (Å²) < 4.78 is 0. The number of carbonyl (C=O) groups is 4. The lowest BCUT2D eigenvalue weighted by molar-refractivity contribution is -0.141. The van der Waals surface area contributed by atoms with E-state index in [9.17, 15) is 19.2 Å². The Morgan fingerprint density at radius 3 is 2.25 bits per heavy atom. The Morgan fingerprint density at radius 1 is 0.975 bits per heavy atom. The van der Waals surface area contributed by atoms with Gasteiger partial charge in [-0.05, 0) is 55.5 Å². The van der Waals surface area contributed by atoms with E-state index in [4.69, 9.17) is 17.3 Å².